The van der Waals surface area contributed by atoms with Crippen molar-refractivity contribution in [2.75, 3.05) is 12.9 Å². The van der Waals surface area contributed by atoms with Gasteiger partial charge in [-0.2, -0.15) is 0 Å². The normalized spacial score (nSPS) is 11.8. The van der Waals surface area contributed by atoms with Gasteiger partial charge in [-0.05, 0) is 31.5 Å². The molecule has 128 valence electrons. The van der Waals surface area contributed by atoms with Gasteiger partial charge >= 0.3 is 0 Å². The van der Waals surface area contributed by atoms with Gasteiger partial charge in [-0.15, -0.1) is 11.8 Å². The maximum Gasteiger partial charge on any atom is 0.230 e. The van der Waals surface area contributed by atoms with E-state index in [2.05, 4.69) is 5.32 Å². The topological polar surface area (TPSA) is 38.3 Å². The van der Waals surface area contributed by atoms with Crippen molar-refractivity contribution in [3.05, 3.63) is 64.2 Å². The third kappa shape index (κ3) is 5.18. The summed E-state index contributed by atoms with van der Waals surface area (Å²) in [6.45, 7) is 3.99. The lowest BCUT2D eigenvalue weighted by Crippen LogP contribution is -2.28. The van der Waals surface area contributed by atoms with E-state index in [0.717, 1.165) is 33.2 Å². The van der Waals surface area contributed by atoms with Crippen molar-refractivity contribution in [2.24, 2.45) is 0 Å². The smallest absolute Gasteiger partial charge is 0.230 e. The summed E-state index contributed by atoms with van der Waals surface area (Å²) in [6.07, 6.45) is 0. The van der Waals surface area contributed by atoms with Gasteiger partial charge < -0.3 is 10.1 Å². The Bertz CT molecular complexity index is 706. The number of aryl methyl sites for hydroxylation is 1. The van der Waals surface area contributed by atoms with Gasteiger partial charge in [0.25, 0.3) is 0 Å². The van der Waals surface area contributed by atoms with Crippen LogP contribution in [0.1, 0.15) is 29.7 Å². The average molecular weight is 364 g/mol. The first-order valence-electron chi connectivity index (χ1n) is 7.76. The van der Waals surface area contributed by atoms with Gasteiger partial charge in [0.1, 0.15) is 5.75 Å². The standard InChI is InChI=1S/C19H22ClNO2S/c1-13-8-9-18(23-3)16(10-13)14(2)21-19(22)12-24-11-15-6-4-5-7-17(15)20/h4-10,14H,11-12H2,1-3H3,(H,21,22)/t14-/m0/s1. The molecule has 24 heavy (non-hydrogen) atoms. The largest absolute Gasteiger partial charge is 0.496 e. The summed E-state index contributed by atoms with van der Waals surface area (Å²) < 4.78 is 5.38. The zero-order valence-corrected chi connectivity index (χ0v) is 15.7. The van der Waals surface area contributed by atoms with Crippen LogP contribution in [0, 0.1) is 6.92 Å². The van der Waals surface area contributed by atoms with Crippen molar-refractivity contribution in [1.29, 1.82) is 0 Å². The molecule has 0 spiro atoms. The average Bonchev–Trinajstić information content (AvgIpc) is 2.56. The number of hydrogen-bond acceptors (Lipinski definition) is 3. The first kappa shape index (κ1) is 18.7. The lowest BCUT2D eigenvalue weighted by atomic mass is 10.0. The quantitative estimate of drug-likeness (QED) is 0.770. The molecule has 0 aliphatic carbocycles. The van der Waals surface area contributed by atoms with E-state index in [0.29, 0.717) is 5.75 Å². The van der Waals surface area contributed by atoms with Gasteiger partial charge in [0.15, 0.2) is 0 Å². The Morgan fingerprint density at radius 3 is 2.75 bits per heavy atom. The van der Waals surface area contributed by atoms with Crippen LogP contribution < -0.4 is 10.1 Å². The molecule has 0 saturated heterocycles. The van der Waals surface area contributed by atoms with Crippen LogP contribution in [-0.4, -0.2) is 18.8 Å². The van der Waals surface area contributed by atoms with E-state index in [1.165, 1.54) is 0 Å². The molecule has 0 unspecified atom stereocenters. The Labute approximate surface area is 152 Å². The van der Waals surface area contributed by atoms with E-state index in [1.54, 1.807) is 18.9 Å². The van der Waals surface area contributed by atoms with Gasteiger partial charge in [-0.25, -0.2) is 0 Å². The van der Waals surface area contributed by atoms with Gasteiger partial charge in [-0.3, -0.25) is 4.79 Å². The molecule has 2 rings (SSSR count). The highest BCUT2D eigenvalue weighted by molar-refractivity contribution is 7.99. The van der Waals surface area contributed by atoms with Gasteiger partial charge in [0, 0.05) is 16.3 Å². The van der Waals surface area contributed by atoms with Crippen molar-refractivity contribution in [3.8, 4) is 5.75 Å². The molecular formula is C19H22ClNO2S. The number of rotatable bonds is 7. The number of ether oxygens (including phenoxy) is 1. The zero-order chi connectivity index (χ0) is 17.5. The molecule has 0 aliphatic heterocycles. The highest BCUT2D eigenvalue weighted by atomic mass is 35.5. The Morgan fingerprint density at radius 2 is 2.04 bits per heavy atom. The minimum Gasteiger partial charge on any atom is -0.496 e. The molecule has 2 aromatic rings. The molecule has 0 heterocycles. The van der Waals surface area contributed by atoms with Crippen LogP contribution in [0.25, 0.3) is 0 Å². The Hall–Kier alpha value is -1.65. The minimum absolute atomic E-state index is 0.00288. The Morgan fingerprint density at radius 1 is 1.29 bits per heavy atom. The van der Waals surface area contributed by atoms with Crippen molar-refractivity contribution < 1.29 is 9.53 Å². The molecule has 0 radical (unpaired) electrons. The van der Waals surface area contributed by atoms with Crippen molar-refractivity contribution in [3.63, 3.8) is 0 Å². The third-order valence-electron chi connectivity index (χ3n) is 3.68. The number of methoxy groups -OCH3 is 1. The van der Waals surface area contributed by atoms with Crippen LogP contribution in [-0.2, 0) is 10.5 Å². The van der Waals surface area contributed by atoms with Crippen molar-refractivity contribution in [2.45, 2.75) is 25.6 Å². The second kappa shape index (κ2) is 9.00. The maximum absolute atomic E-state index is 12.2. The number of carbonyl (C=O) groups excluding carboxylic acids is 1. The molecule has 3 nitrogen and oxygen atoms in total. The number of benzene rings is 2. The fourth-order valence-corrected chi connectivity index (χ4v) is 3.55. The zero-order valence-electron chi connectivity index (χ0n) is 14.1. The van der Waals surface area contributed by atoms with Crippen LogP contribution >= 0.6 is 23.4 Å². The van der Waals surface area contributed by atoms with Crippen LogP contribution in [0.4, 0.5) is 0 Å². The SMILES string of the molecule is COc1ccc(C)cc1[C@H](C)NC(=O)CSCc1ccccc1Cl. The molecule has 1 atom stereocenters. The van der Waals surface area contributed by atoms with Crippen LogP contribution in [0.2, 0.25) is 5.02 Å². The molecule has 0 bridgehead atoms. The molecule has 1 amide bonds. The summed E-state index contributed by atoms with van der Waals surface area (Å²) in [6, 6.07) is 13.6. The summed E-state index contributed by atoms with van der Waals surface area (Å²) in [4.78, 5) is 12.2. The first-order chi connectivity index (χ1) is 11.5. The van der Waals surface area contributed by atoms with E-state index >= 15 is 0 Å². The predicted molar refractivity (Wildman–Crippen MR) is 102 cm³/mol. The molecule has 2 aromatic carbocycles. The fraction of sp³-hybridized carbons (Fsp3) is 0.316. The summed E-state index contributed by atoms with van der Waals surface area (Å²) in [7, 11) is 1.64. The molecule has 0 aromatic heterocycles. The molecule has 1 N–H and O–H groups in total. The molecule has 0 aliphatic rings. The monoisotopic (exact) mass is 363 g/mol. The van der Waals surface area contributed by atoms with E-state index < -0.39 is 0 Å². The van der Waals surface area contributed by atoms with E-state index in [1.807, 2.05) is 56.3 Å². The number of halogens is 1. The van der Waals surface area contributed by atoms with E-state index in [-0.39, 0.29) is 11.9 Å². The van der Waals surface area contributed by atoms with Crippen molar-refractivity contribution >= 4 is 29.3 Å². The second-order valence-corrected chi connectivity index (χ2v) is 7.01. The molecule has 0 saturated carbocycles. The van der Waals surface area contributed by atoms with Gasteiger partial charge in [0.05, 0.1) is 18.9 Å². The Balaban J connectivity index is 1.88. The number of carbonyl (C=O) groups is 1. The highest BCUT2D eigenvalue weighted by Gasteiger charge is 2.14. The number of amides is 1. The minimum atomic E-state index is -0.103. The summed E-state index contributed by atoms with van der Waals surface area (Å²) >= 11 is 7.68. The molecule has 5 heteroatoms. The van der Waals surface area contributed by atoms with Crippen LogP contribution in [0.5, 0.6) is 5.75 Å². The second-order valence-electron chi connectivity index (χ2n) is 5.62. The number of thioether (sulfide) groups is 1. The summed E-state index contributed by atoms with van der Waals surface area (Å²) in [5.74, 6) is 1.90. The van der Waals surface area contributed by atoms with E-state index in [9.17, 15) is 4.79 Å². The molecule has 0 fully saturated rings. The highest BCUT2D eigenvalue weighted by Crippen LogP contribution is 2.26. The van der Waals surface area contributed by atoms with Gasteiger partial charge in [-0.1, -0.05) is 47.5 Å². The predicted octanol–water partition coefficient (Wildman–Crippen LogP) is 4.77. The first-order valence-corrected chi connectivity index (χ1v) is 9.29. The van der Waals surface area contributed by atoms with Crippen molar-refractivity contribution in [1.82, 2.24) is 5.32 Å². The molecular weight excluding hydrogens is 342 g/mol. The Kier molecular flexibility index (Phi) is 7.00. The lowest BCUT2D eigenvalue weighted by molar-refractivity contribution is -0.119. The maximum atomic E-state index is 12.2. The lowest BCUT2D eigenvalue weighted by Gasteiger charge is -2.18. The fourth-order valence-electron chi connectivity index (χ4n) is 2.42. The van der Waals surface area contributed by atoms with Crippen LogP contribution in [0.15, 0.2) is 42.5 Å². The summed E-state index contributed by atoms with van der Waals surface area (Å²) in [5, 5.41) is 3.77. The van der Waals surface area contributed by atoms with Crippen LogP contribution in [0.3, 0.4) is 0 Å². The third-order valence-corrected chi connectivity index (χ3v) is 5.03. The number of hydrogen-bond donors (Lipinski definition) is 1. The number of nitrogens with one attached hydrogen (secondary N) is 1. The van der Waals surface area contributed by atoms with Gasteiger partial charge in [0.2, 0.25) is 5.91 Å². The van der Waals surface area contributed by atoms with E-state index in [4.69, 9.17) is 16.3 Å². The summed E-state index contributed by atoms with van der Waals surface area (Å²) in [5.41, 5.74) is 3.17.